The van der Waals surface area contributed by atoms with E-state index in [1.54, 1.807) is 0 Å². The fourth-order valence-corrected chi connectivity index (χ4v) is 3.15. The first-order valence-electron chi connectivity index (χ1n) is 7.80. The van der Waals surface area contributed by atoms with Gasteiger partial charge in [0.15, 0.2) is 0 Å². The molecule has 23 heavy (non-hydrogen) atoms. The number of aromatic nitrogens is 2. The van der Waals surface area contributed by atoms with Crippen LogP contribution in [0.2, 0.25) is 0 Å². The van der Waals surface area contributed by atoms with Gasteiger partial charge in [0, 0.05) is 31.6 Å². The van der Waals surface area contributed by atoms with Gasteiger partial charge in [0.1, 0.15) is 17.4 Å². The van der Waals surface area contributed by atoms with Crippen molar-refractivity contribution in [2.75, 3.05) is 25.0 Å². The van der Waals surface area contributed by atoms with Crippen LogP contribution in [0, 0.1) is 0 Å². The van der Waals surface area contributed by atoms with E-state index in [0.29, 0.717) is 24.7 Å². The highest BCUT2D eigenvalue weighted by Gasteiger charge is 2.16. The average molecular weight is 332 g/mol. The molecule has 2 aromatic rings. The third-order valence-corrected chi connectivity index (χ3v) is 4.69. The van der Waals surface area contributed by atoms with E-state index in [1.807, 2.05) is 25.1 Å². The van der Waals surface area contributed by atoms with Gasteiger partial charge >= 0.3 is 0 Å². The Hall–Kier alpha value is -1.99. The first kappa shape index (κ1) is 15.9. The number of aryl methyl sites for hydroxylation is 1. The van der Waals surface area contributed by atoms with Crippen LogP contribution in [-0.4, -0.2) is 40.7 Å². The van der Waals surface area contributed by atoms with Crippen LogP contribution in [0.15, 0.2) is 24.3 Å². The highest BCUT2D eigenvalue weighted by molar-refractivity contribution is 7.15. The van der Waals surface area contributed by atoms with E-state index in [1.165, 1.54) is 16.9 Å². The van der Waals surface area contributed by atoms with E-state index in [4.69, 9.17) is 4.74 Å². The number of nitrogens with one attached hydrogen (secondary N) is 1. The summed E-state index contributed by atoms with van der Waals surface area (Å²) < 4.78 is 5.74. The Bertz CT molecular complexity index is 674. The lowest BCUT2D eigenvalue weighted by Crippen LogP contribution is -2.29. The van der Waals surface area contributed by atoms with E-state index >= 15 is 0 Å². The molecule has 0 spiro atoms. The van der Waals surface area contributed by atoms with E-state index in [9.17, 15) is 4.79 Å². The number of carbonyl (C=O) groups excluding carboxylic acids is 1. The van der Waals surface area contributed by atoms with Crippen LogP contribution in [0.4, 0.5) is 5.13 Å². The second-order valence-corrected chi connectivity index (χ2v) is 6.45. The van der Waals surface area contributed by atoms with Crippen molar-refractivity contribution in [1.82, 2.24) is 15.1 Å². The van der Waals surface area contributed by atoms with Crippen molar-refractivity contribution in [3.63, 3.8) is 0 Å². The standard InChI is InChI=1S/C16H20N4O2S/c1-2-15-18-19-16(23-15)17-14(21)7-8-20-9-10-22-13-6-4-3-5-12(13)11-20/h3-6H,2,7-11H2,1H3,(H,17,19,21). The fourth-order valence-electron chi connectivity index (χ4n) is 2.46. The lowest BCUT2D eigenvalue weighted by molar-refractivity contribution is -0.116. The summed E-state index contributed by atoms with van der Waals surface area (Å²) in [7, 11) is 0. The number of fused-ring (bicyclic) bond motifs is 1. The molecule has 0 unspecified atom stereocenters. The molecule has 1 aliphatic rings. The van der Waals surface area contributed by atoms with Gasteiger partial charge in [-0.15, -0.1) is 10.2 Å². The summed E-state index contributed by atoms with van der Waals surface area (Å²) in [6.45, 7) is 4.99. The number of amides is 1. The van der Waals surface area contributed by atoms with Crippen molar-refractivity contribution < 1.29 is 9.53 Å². The predicted molar refractivity (Wildman–Crippen MR) is 89.7 cm³/mol. The lowest BCUT2D eigenvalue weighted by Gasteiger charge is -2.18. The van der Waals surface area contributed by atoms with Gasteiger partial charge in [0.25, 0.3) is 0 Å². The molecule has 2 heterocycles. The smallest absolute Gasteiger partial charge is 0.227 e. The monoisotopic (exact) mass is 332 g/mol. The molecule has 6 nitrogen and oxygen atoms in total. The predicted octanol–water partition coefficient (Wildman–Crippen LogP) is 2.32. The van der Waals surface area contributed by atoms with Crippen molar-refractivity contribution in [3.8, 4) is 5.75 Å². The minimum atomic E-state index is -0.0257. The van der Waals surface area contributed by atoms with E-state index in [2.05, 4.69) is 26.5 Å². The summed E-state index contributed by atoms with van der Waals surface area (Å²) in [6, 6.07) is 8.06. The van der Waals surface area contributed by atoms with Gasteiger partial charge in [-0.2, -0.15) is 0 Å². The molecule has 1 aromatic carbocycles. The maximum Gasteiger partial charge on any atom is 0.227 e. The van der Waals surface area contributed by atoms with Crippen molar-refractivity contribution >= 4 is 22.4 Å². The van der Waals surface area contributed by atoms with Gasteiger partial charge in [-0.05, 0) is 12.5 Å². The average Bonchev–Trinajstić information content (AvgIpc) is 2.90. The number of para-hydroxylation sites is 1. The van der Waals surface area contributed by atoms with Gasteiger partial charge in [0.2, 0.25) is 11.0 Å². The first-order chi connectivity index (χ1) is 11.2. The van der Waals surface area contributed by atoms with Crippen LogP contribution in [0.1, 0.15) is 23.9 Å². The molecule has 122 valence electrons. The highest BCUT2D eigenvalue weighted by atomic mass is 32.1. The molecular weight excluding hydrogens is 312 g/mol. The molecule has 0 saturated heterocycles. The molecule has 0 atom stereocenters. The summed E-state index contributed by atoms with van der Waals surface area (Å²) in [5.41, 5.74) is 1.17. The molecule has 0 bridgehead atoms. The number of benzene rings is 1. The maximum atomic E-state index is 12.1. The molecular formula is C16H20N4O2S. The van der Waals surface area contributed by atoms with Crippen LogP contribution < -0.4 is 10.1 Å². The Balaban J connectivity index is 1.51. The Morgan fingerprint density at radius 3 is 3.09 bits per heavy atom. The van der Waals surface area contributed by atoms with Gasteiger partial charge in [-0.25, -0.2) is 0 Å². The molecule has 1 aromatic heterocycles. The van der Waals surface area contributed by atoms with Gasteiger partial charge in [0.05, 0.1) is 0 Å². The van der Waals surface area contributed by atoms with Crippen molar-refractivity contribution in [2.45, 2.75) is 26.3 Å². The normalized spacial score (nSPS) is 14.7. The molecule has 1 aliphatic heterocycles. The number of hydrogen-bond donors (Lipinski definition) is 1. The quantitative estimate of drug-likeness (QED) is 0.910. The molecule has 0 fully saturated rings. The van der Waals surface area contributed by atoms with Crippen molar-refractivity contribution in [3.05, 3.63) is 34.8 Å². The Morgan fingerprint density at radius 2 is 2.26 bits per heavy atom. The summed E-state index contributed by atoms with van der Waals surface area (Å²) in [4.78, 5) is 14.3. The minimum absolute atomic E-state index is 0.0257. The van der Waals surface area contributed by atoms with Gasteiger partial charge in [-0.1, -0.05) is 36.5 Å². The third-order valence-electron chi connectivity index (χ3n) is 3.70. The summed E-state index contributed by atoms with van der Waals surface area (Å²) >= 11 is 1.43. The van der Waals surface area contributed by atoms with Gasteiger partial charge < -0.3 is 10.1 Å². The zero-order valence-electron chi connectivity index (χ0n) is 13.1. The molecule has 1 N–H and O–H groups in total. The summed E-state index contributed by atoms with van der Waals surface area (Å²) in [6.07, 6.45) is 1.27. The Morgan fingerprint density at radius 1 is 1.39 bits per heavy atom. The largest absolute Gasteiger partial charge is 0.492 e. The molecule has 0 radical (unpaired) electrons. The lowest BCUT2D eigenvalue weighted by atomic mass is 10.2. The van der Waals surface area contributed by atoms with Crippen molar-refractivity contribution in [2.24, 2.45) is 0 Å². The fraction of sp³-hybridized carbons (Fsp3) is 0.438. The molecule has 7 heteroatoms. The van der Waals surface area contributed by atoms with Crippen LogP contribution in [0.3, 0.4) is 0 Å². The molecule has 3 rings (SSSR count). The van der Waals surface area contributed by atoms with Crippen LogP contribution >= 0.6 is 11.3 Å². The number of nitrogens with zero attached hydrogens (tertiary/aromatic N) is 3. The number of carbonyl (C=O) groups is 1. The number of anilines is 1. The third kappa shape index (κ3) is 4.27. The zero-order chi connectivity index (χ0) is 16.1. The van der Waals surface area contributed by atoms with Crippen LogP contribution in [-0.2, 0) is 17.8 Å². The number of ether oxygens (including phenoxy) is 1. The first-order valence-corrected chi connectivity index (χ1v) is 8.61. The number of rotatable bonds is 5. The Labute approximate surface area is 139 Å². The van der Waals surface area contributed by atoms with E-state index < -0.39 is 0 Å². The van der Waals surface area contributed by atoms with Crippen LogP contribution in [0.5, 0.6) is 5.75 Å². The highest BCUT2D eigenvalue weighted by Crippen LogP contribution is 2.22. The summed E-state index contributed by atoms with van der Waals surface area (Å²) in [5.74, 6) is 0.919. The molecule has 1 amide bonds. The second-order valence-electron chi connectivity index (χ2n) is 5.39. The second kappa shape index (κ2) is 7.52. The minimum Gasteiger partial charge on any atom is -0.492 e. The van der Waals surface area contributed by atoms with Gasteiger partial charge in [-0.3, -0.25) is 9.69 Å². The van der Waals surface area contributed by atoms with E-state index in [0.717, 1.165) is 30.3 Å². The maximum absolute atomic E-state index is 12.1. The Kier molecular flexibility index (Phi) is 5.19. The molecule has 0 saturated carbocycles. The van der Waals surface area contributed by atoms with Crippen molar-refractivity contribution in [1.29, 1.82) is 0 Å². The van der Waals surface area contributed by atoms with Crippen LogP contribution in [0.25, 0.3) is 0 Å². The topological polar surface area (TPSA) is 67.4 Å². The SMILES string of the molecule is CCc1nnc(NC(=O)CCN2CCOc3ccccc3C2)s1. The number of hydrogen-bond acceptors (Lipinski definition) is 6. The molecule has 0 aliphatic carbocycles. The summed E-state index contributed by atoms with van der Waals surface area (Å²) in [5, 5.41) is 12.3. The van der Waals surface area contributed by atoms with E-state index in [-0.39, 0.29) is 5.91 Å². The zero-order valence-corrected chi connectivity index (χ0v) is 13.9.